The van der Waals surface area contributed by atoms with Crippen molar-refractivity contribution in [2.75, 3.05) is 20.8 Å². The van der Waals surface area contributed by atoms with E-state index in [1.807, 2.05) is 0 Å². The van der Waals surface area contributed by atoms with Crippen LogP contribution in [-0.2, 0) is 33.0 Å². The highest BCUT2D eigenvalue weighted by Gasteiger charge is 2.37. The quantitative estimate of drug-likeness (QED) is 0.248. The number of nitro groups is 1. The molecule has 198 valence electrons. The van der Waals surface area contributed by atoms with E-state index in [0.29, 0.717) is 33.7 Å². The van der Waals surface area contributed by atoms with E-state index in [9.17, 15) is 26.9 Å². The maximum absolute atomic E-state index is 13.8. The molecule has 0 saturated carbocycles. The van der Waals surface area contributed by atoms with Crippen LogP contribution in [0.2, 0.25) is 0 Å². The molecule has 0 unspecified atom stereocenters. The van der Waals surface area contributed by atoms with Gasteiger partial charge in [0.2, 0.25) is 10.0 Å². The Hall–Kier alpha value is -3.94. The van der Waals surface area contributed by atoms with Crippen molar-refractivity contribution in [1.29, 1.82) is 0 Å². The molecule has 0 N–H and O–H groups in total. The van der Waals surface area contributed by atoms with Crippen LogP contribution in [0.15, 0.2) is 76.5 Å². The Kier molecular flexibility index (Phi) is 6.37. The van der Waals surface area contributed by atoms with Gasteiger partial charge in [0.25, 0.3) is 15.7 Å². The second kappa shape index (κ2) is 9.42. The molecule has 1 aromatic heterocycles. The fourth-order valence-electron chi connectivity index (χ4n) is 4.76. The van der Waals surface area contributed by atoms with Gasteiger partial charge < -0.3 is 9.47 Å². The molecule has 4 aromatic rings. The Bertz CT molecular complexity index is 1780. The summed E-state index contributed by atoms with van der Waals surface area (Å²) in [7, 11) is -5.47. The number of benzene rings is 3. The van der Waals surface area contributed by atoms with Crippen LogP contribution in [0.4, 0.5) is 5.69 Å². The second-order valence-corrected chi connectivity index (χ2v) is 12.2. The summed E-state index contributed by atoms with van der Waals surface area (Å²) in [4.78, 5) is 10.4. The third-order valence-corrected chi connectivity index (χ3v) is 10.2. The highest BCUT2D eigenvalue weighted by atomic mass is 32.2. The van der Waals surface area contributed by atoms with Gasteiger partial charge in [-0.1, -0.05) is 30.3 Å². The Morgan fingerprint density at radius 2 is 1.50 bits per heavy atom. The lowest BCUT2D eigenvalue weighted by Crippen LogP contribution is -2.37. The topological polar surface area (TPSA) is 138 Å². The normalized spacial score (nSPS) is 14.3. The number of rotatable bonds is 7. The molecule has 0 bridgehead atoms. The Labute approximate surface area is 219 Å². The van der Waals surface area contributed by atoms with Crippen molar-refractivity contribution in [1.82, 2.24) is 8.28 Å². The number of hydrogen-bond donors (Lipinski definition) is 0. The number of nitrogens with zero attached hydrogens (tertiary/aromatic N) is 3. The van der Waals surface area contributed by atoms with E-state index >= 15 is 0 Å². The van der Waals surface area contributed by atoms with E-state index in [1.165, 1.54) is 48.5 Å². The number of hydrogen-bond acceptors (Lipinski definition) is 8. The number of sulfonamides is 1. The number of ether oxygens (including phenoxy) is 2. The van der Waals surface area contributed by atoms with Gasteiger partial charge in [-0.05, 0) is 29.8 Å². The summed E-state index contributed by atoms with van der Waals surface area (Å²) in [6.07, 6.45) is 0.0561. The standard InChI is InChI=1S/C25H23N3O8S2/c1-35-23-14-18-19-16-26(38(33,34)25-11-7-6-10-21(25)28(29)30)13-12-20(19)27(22(18)15-24(23)36-2)37(31,32)17-8-4-3-5-9-17/h3-11,14-15H,12-13,16H2,1-2H3. The number of nitro benzene ring substituents is 1. The number of methoxy groups -OCH3 is 2. The van der Waals surface area contributed by atoms with Gasteiger partial charge in [0, 0.05) is 42.7 Å². The van der Waals surface area contributed by atoms with Crippen molar-refractivity contribution < 1.29 is 31.2 Å². The monoisotopic (exact) mass is 557 g/mol. The lowest BCUT2D eigenvalue weighted by atomic mass is 10.1. The zero-order valence-corrected chi connectivity index (χ0v) is 22.0. The Morgan fingerprint density at radius 1 is 0.868 bits per heavy atom. The fraction of sp³-hybridized carbons (Fsp3) is 0.200. The summed E-state index contributed by atoms with van der Waals surface area (Å²) in [6, 6.07) is 16.2. The molecule has 3 aromatic carbocycles. The summed E-state index contributed by atoms with van der Waals surface area (Å²) >= 11 is 0. The summed E-state index contributed by atoms with van der Waals surface area (Å²) in [5, 5.41) is 12.0. The van der Waals surface area contributed by atoms with Gasteiger partial charge >= 0.3 is 0 Å². The van der Waals surface area contributed by atoms with Crippen LogP contribution in [0.1, 0.15) is 11.3 Å². The molecule has 0 atom stereocenters. The zero-order chi connectivity index (χ0) is 27.2. The zero-order valence-electron chi connectivity index (χ0n) is 20.4. The molecule has 11 nitrogen and oxygen atoms in total. The van der Waals surface area contributed by atoms with E-state index in [-0.39, 0.29) is 24.4 Å². The molecule has 0 aliphatic carbocycles. The minimum Gasteiger partial charge on any atom is -0.493 e. The minimum atomic E-state index is -4.28. The van der Waals surface area contributed by atoms with Gasteiger partial charge in [0.05, 0.1) is 29.6 Å². The summed E-state index contributed by atoms with van der Waals surface area (Å²) in [5.74, 6) is 0.652. The first kappa shape index (κ1) is 25.7. The Morgan fingerprint density at radius 3 is 2.16 bits per heavy atom. The molecule has 0 spiro atoms. The smallest absolute Gasteiger partial charge is 0.289 e. The van der Waals surface area contributed by atoms with Crippen molar-refractivity contribution in [3.8, 4) is 11.5 Å². The van der Waals surface area contributed by atoms with Gasteiger partial charge in [0.15, 0.2) is 16.4 Å². The molecule has 1 aliphatic heterocycles. The third-order valence-electron chi connectivity index (χ3n) is 6.53. The first-order valence-corrected chi connectivity index (χ1v) is 14.3. The predicted molar refractivity (Wildman–Crippen MR) is 138 cm³/mol. The average molecular weight is 558 g/mol. The molecular weight excluding hydrogens is 534 g/mol. The van der Waals surface area contributed by atoms with Gasteiger partial charge in [-0.2, -0.15) is 4.31 Å². The van der Waals surface area contributed by atoms with Crippen molar-refractivity contribution in [3.05, 3.63) is 88.1 Å². The first-order chi connectivity index (χ1) is 18.1. The molecule has 0 fully saturated rings. The van der Waals surface area contributed by atoms with E-state index in [2.05, 4.69) is 0 Å². The second-order valence-electron chi connectivity index (χ2n) is 8.55. The number of fused-ring (bicyclic) bond motifs is 3. The average Bonchev–Trinajstić information content (AvgIpc) is 3.25. The minimum absolute atomic E-state index is 0.0561. The largest absolute Gasteiger partial charge is 0.493 e. The fourth-order valence-corrected chi connectivity index (χ4v) is 7.94. The highest BCUT2D eigenvalue weighted by molar-refractivity contribution is 7.90. The molecular formula is C25H23N3O8S2. The number of aromatic nitrogens is 1. The van der Waals surface area contributed by atoms with Crippen molar-refractivity contribution >= 4 is 36.6 Å². The van der Waals surface area contributed by atoms with Gasteiger partial charge in [-0.15, -0.1) is 0 Å². The van der Waals surface area contributed by atoms with Crippen LogP contribution in [0.25, 0.3) is 10.9 Å². The van der Waals surface area contributed by atoms with E-state index in [4.69, 9.17) is 9.47 Å². The van der Waals surface area contributed by atoms with Gasteiger partial charge in [0.1, 0.15) is 0 Å². The van der Waals surface area contributed by atoms with Crippen LogP contribution in [0, 0.1) is 10.1 Å². The molecule has 38 heavy (non-hydrogen) atoms. The molecule has 13 heteroatoms. The van der Waals surface area contributed by atoms with E-state index in [0.717, 1.165) is 10.4 Å². The molecule has 0 amide bonds. The molecule has 1 aliphatic rings. The van der Waals surface area contributed by atoms with E-state index in [1.54, 1.807) is 30.3 Å². The summed E-state index contributed by atoms with van der Waals surface area (Å²) in [5.41, 5.74) is 0.669. The summed E-state index contributed by atoms with van der Waals surface area (Å²) in [6.45, 7) is -0.261. The maximum Gasteiger partial charge on any atom is 0.289 e. The van der Waals surface area contributed by atoms with Crippen molar-refractivity contribution in [2.24, 2.45) is 0 Å². The maximum atomic E-state index is 13.8. The van der Waals surface area contributed by atoms with Crippen LogP contribution in [0.3, 0.4) is 0 Å². The molecule has 2 heterocycles. The lowest BCUT2D eigenvalue weighted by molar-refractivity contribution is -0.387. The van der Waals surface area contributed by atoms with E-state index < -0.39 is 35.6 Å². The van der Waals surface area contributed by atoms with Gasteiger partial charge in [-0.3, -0.25) is 10.1 Å². The first-order valence-electron chi connectivity index (χ1n) is 11.4. The van der Waals surface area contributed by atoms with Crippen LogP contribution >= 0.6 is 0 Å². The molecule has 0 radical (unpaired) electrons. The summed E-state index contributed by atoms with van der Waals surface area (Å²) < 4.78 is 68.0. The number of para-hydroxylation sites is 1. The SMILES string of the molecule is COc1cc2c3c(n(S(=O)(=O)c4ccccc4)c2cc1OC)CCN(S(=O)(=O)c1ccccc1[N+](=O)[O-])C3. The third kappa shape index (κ3) is 3.99. The van der Waals surface area contributed by atoms with Crippen LogP contribution < -0.4 is 9.47 Å². The molecule has 5 rings (SSSR count). The van der Waals surface area contributed by atoms with Crippen molar-refractivity contribution in [3.63, 3.8) is 0 Å². The Balaban J connectivity index is 1.73. The van der Waals surface area contributed by atoms with Crippen LogP contribution in [-0.4, -0.2) is 50.8 Å². The van der Waals surface area contributed by atoms with Crippen LogP contribution in [0.5, 0.6) is 11.5 Å². The molecule has 0 saturated heterocycles. The predicted octanol–water partition coefficient (Wildman–Crippen LogP) is 3.55. The van der Waals surface area contributed by atoms with Gasteiger partial charge in [-0.25, -0.2) is 20.8 Å². The van der Waals surface area contributed by atoms with Crippen molar-refractivity contribution in [2.45, 2.75) is 22.8 Å². The highest BCUT2D eigenvalue weighted by Crippen LogP contribution is 2.41. The lowest BCUT2D eigenvalue weighted by Gasteiger charge is -2.27.